The lowest BCUT2D eigenvalue weighted by atomic mass is 10.2. The Morgan fingerprint density at radius 2 is 1.00 bits per heavy atom. The van der Waals surface area contributed by atoms with Crippen LogP contribution in [0.15, 0.2) is 60.7 Å². The maximum atomic E-state index is 11.8. The molecule has 2 rings (SSSR count). The Morgan fingerprint density at radius 3 is 1.29 bits per heavy atom. The van der Waals surface area contributed by atoms with Crippen molar-refractivity contribution in [3.63, 3.8) is 0 Å². The molecule has 0 saturated carbocycles. The Labute approximate surface area is 137 Å². The average Bonchev–Trinajstić information content (AvgIpc) is 2.55. The second kappa shape index (κ2) is 10.1. The third-order valence-corrected chi connectivity index (χ3v) is 2.81. The van der Waals surface area contributed by atoms with Crippen molar-refractivity contribution in [3.05, 3.63) is 71.8 Å². The maximum absolute atomic E-state index is 11.8. The van der Waals surface area contributed by atoms with E-state index in [-0.39, 0.29) is 0 Å². The molecule has 6 heteroatoms. The zero-order chi connectivity index (χ0) is 17.9. The first-order valence-corrected chi connectivity index (χ1v) is 6.79. The molecule has 2 nitrogen and oxygen atoms in total. The summed E-state index contributed by atoms with van der Waals surface area (Å²) in [5.74, 6) is 0.899. The van der Waals surface area contributed by atoms with Crippen LogP contribution in [0, 0.1) is 0 Å². The number of para-hydroxylation sites is 2. The first-order chi connectivity index (χ1) is 11.5. The Hall–Kier alpha value is -2.76. The van der Waals surface area contributed by atoms with Crippen LogP contribution in [-0.2, 0) is 0 Å². The van der Waals surface area contributed by atoms with Gasteiger partial charge in [0.05, 0.1) is 14.2 Å². The number of rotatable bonds is 4. The summed E-state index contributed by atoms with van der Waals surface area (Å²) in [4.78, 5) is 0. The van der Waals surface area contributed by atoms with Gasteiger partial charge in [0.25, 0.3) is 12.2 Å². The van der Waals surface area contributed by atoms with E-state index in [2.05, 4.69) is 0 Å². The highest BCUT2D eigenvalue weighted by atomic mass is 19.3. The first-order valence-electron chi connectivity index (χ1n) is 6.79. The van der Waals surface area contributed by atoms with Gasteiger partial charge in [0.15, 0.2) is 0 Å². The van der Waals surface area contributed by atoms with Crippen LogP contribution in [0.2, 0.25) is 0 Å². The zero-order valence-electron chi connectivity index (χ0n) is 13.1. The van der Waals surface area contributed by atoms with E-state index >= 15 is 0 Å². The molecule has 2 aromatic carbocycles. The van der Waals surface area contributed by atoms with E-state index < -0.39 is 12.2 Å². The van der Waals surface area contributed by atoms with Crippen molar-refractivity contribution >= 4 is 12.2 Å². The fourth-order valence-electron chi connectivity index (χ4n) is 1.81. The molecule has 0 saturated heterocycles. The third kappa shape index (κ3) is 6.56. The molecule has 0 fully saturated rings. The van der Waals surface area contributed by atoms with Gasteiger partial charge in [-0.1, -0.05) is 36.4 Å². The normalized spacial score (nSPS) is 9.25. The Kier molecular flexibility index (Phi) is 8.11. The lowest BCUT2D eigenvalue weighted by Gasteiger charge is -2.02. The van der Waals surface area contributed by atoms with Crippen LogP contribution in [-0.4, -0.2) is 14.2 Å². The van der Waals surface area contributed by atoms with Crippen molar-refractivity contribution in [2.24, 2.45) is 0 Å². The molecule has 0 aliphatic rings. The molecule has 128 valence electrons. The minimum absolute atomic E-state index is 0.389. The van der Waals surface area contributed by atoms with Crippen molar-refractivity contribution in [1.29, 1.82) is 0 Å². The van der Waals surface area contributed by atoms with Crippen molar-refractivity contribution in [2.75, 3.05) is 14.2 Å². The first kappa shape index (κ1) is 19.3. The molecule has 0 radical (unpaired) electrons. The van der Waals surface area contributed by atoms with Gasteiger partial charge < -0.3 is 9.47 Å². The molecule has 0 unspecified atom stereocenters. The lowest BCUT2D eigenvalue weighted by molar-refractivity contribution is 0.411. The number of hydrogen-bond acceptors (Lipinski definition) is 2. The zero-order valence-corrected chi connectivity index (χ0v) is 13.1. The van der Waals surface area contributed by atoms with E-state index in [1.54, 1.807) is 48.5 Å². The summed E-state index contributed by atoms with van der Waals surface area (Å²) in [5.41, 5.74) is 0.778. The second-order valence-corrected chi connectivity index (χ2v) is 4.35. The molecule has 0 bridgehead atoms. The fraction of sp³-hybridized carbons (Fsp3) is 0.111. The second-order valence-electron chi connectivity index (χ2n) is 4.35. The van der Waals surface area contributed by atoms with Crippen LogP contribution in [0.1, 0.15) is 11.1 Å². The number of methoxy groups -OCH3 is 2. The topological polar surface area (TPSA) is 18.5 Å². The summed E-state index contributed by atoms with van der Waals surface area (Å²) in [7, 11) is 2.89. The van der Waals surface area contributed by atoms with Gasteiger partial charge in [-0.25, -0.2) is 0 Å². The highest BCUT2D eigenvalue weighted by Crippen LogP contribution is 2.21. The van der Waals surface area contributed by atoms with E-state index in [4.69, 9.17) is 9.47 Å². The smallest absolute Gasteiger partial charge is 0.271 e. The van der Waals surface area contributed by atoms with Crippen molar-refractivity contribution in [2.45, 2.75) is 0 Å². The van der Waals surface area contributed by atoms with Gasteiger partial charge in [-0.15, -0.1) is 0 Å². The van der Waals surface area contributed by atoms with Crippen LogP contribution >= 0.6 is 0 Å². The van der Waals surface area contributed by atoms with Crippen LogP contribution in [0.4, 0.5) is 17.6 Å². The van der Waals surface area contributed by atoms with E-state index in [1.807, 2.05) is 0 Å². The van der Waals surface area contributed by atoms with Gasteiger partial charge in [-0.2, -0.15) is 17.6 Å². The van der Waals surface area contributed by atoms with Gasteiger partial charge >= 0.3 is 0 Å². The molecule has 0 heterocycles. The van der Waals surface area contributed by atoms with Crippen LogP contribution in [0.25, 0.3) is 12.2 Å². The van der Waals surface area contributed by atoms with Crippen molar-refractivity contribution < 1.29 is 27.0 Å². The van der Waals surface area contributed by atoms with Gasteiger partial charge in [0, 0.05) is 23.3 Å². The summed E-state index contributed by atoms with van der Waals surface area (Å²) in [6.07, 6.45) is -1.89. The lowest BCUT2D eigenvalue weighted by Crippen LogP contribution is -1.85. The SMILES string of the molecule is COc1ccccc1C=C(F)F.COc1ccccc1C=C(F)F. The molecule has 0 spiro atoms. The predicted molar refractivity (Wildman–Crippen MR) is 86.4 cm³/mol. The Balaban J connectivity index is 0.000000240. The highest BCUT2D eigenvalue weighted by molar-refractivity contribution is 5.58. The summed E-state index contributed by atoms with van der Waals surface area (Å²) < 4.78 is 57.1. The van der Waals surface area contributed by atoms with E-state index in [0.29, 0.717) is 22.6 Å². The van der Waals surface area contributed by atoms with Crippen molar-refractivity contribution in [3.8, 4) is 11.5 Å². The molecule has 0 aliphatic carbocycles. The van der Waals surface area contributed by atoms with Crippen LogP contribution in [0.5, 0.6) is 11.5 Å². The summed E-state index contributed by atoms with van der Waals surface area (Å²) in [6.45, 7) is 0. The minimum atomic E-state index is -1.72. The molecular weight excluding hydrogens is 324 g/mol. The quantitative estimate of drug-likeness (QED) is 0.649. The molecule has 0 N–H and O–H groups in total. The largest absolute Gasteiger partial charge is 0.496 e. The van der Waals surface area contributed by atoms with Crippen LogP contribution < -0.4 is 9.47 Å². The standard InChI is InChI=1S/2C9H8F2O/c2*1-12-8-5-3-2-4-7(8)6-9(10)11/h2*2-6H,1H3. The molecule has 0 aromatic heterocycles. The van der Waals surface area contributed by atoms with E-state index in [1.165, 1.54) is 14.2 Å². The minimum Gasteiger partial charge on any atom is -0.496 e. The molecule has 0 amide bonds. The Morgan fingerprint density at radius 1 is 0.667 bits per heavy atom. The van der Waals surface area contributed by atoms with E-state index in [9.17, 15) is 17.6 Å². The number of benzene rings is 2. The number of ether oxygens (including phenoxy) is 2. The van der Waals surface area contributed by atoms with Gasteiger partial charge in [0.1, 0.15) is 11.5 Å². The third-order valence-electron chi connectivity index (χ3n) is 2.81. The van der Waals surface area contributed by atoms with Crippen LogP contribution in [0.3, 0.4) is 0 Å². The maximum Gasteiger partial charge on any atom is 0.271 e. The summed E-state index contributed by atoms with van der Waals surface area (Å²) in [5, 5.41) is 0. The van der Waals surface area contributed by atoms with Gasteiger partial charge in [0.2, 0.25) is 0 Å². The molecule has 0 aliphatic heterocycles. The Bertz CT molecular complexity index is 642. The molecule has 0 atom stereocenters. The van der Waals surface area contributed by atoms with Gasteiger partial charge in [-0.05, 0) is 12.1 Å². The monoisotopic (exact) mass is 340 g/mol. The average molecular weight is 340 g/mol. The summed E-state index contributed by atoms with van der Waals surface area (Å²) >= 11 is 0. The predicted octanol–water partition coefficient (Wildman–Crippen LogP) is 5.87. The fourth-order valence-corrected chi connectivity index (χ4v) is 1.81. The highest BCUT2D eigenvalue weighted by Gasteiger charge is 2.00. The van der Waals surface area contributed by atoms with Crippen molar-refractivity contribution in [1.82, 2.24) is 0 Å². The number of halogens is 4. The van der Waals surface area contributed by atoms with E-state index in [0.717, 1.165) is 12.2 Å². The number of hydrogen-bond donors (Lipinski definition) is 0. The molecule has 2 aromatic rings. The van der Waals surface area contributed by atoms with Gasteiger partial charge in [-0.3, -0.25) is 0 Å². The molecule has 24 heavy (non-hydrogen) atoms. The summed E-state index contributed by atoms with van der Waals surface area (Å²) in [6, 6.07) is 13.2. The molecular formula is C18H16F4O2.